The zero-order chi connectivity index (χ0) is 25.5. The first-order valence-corrected chi connectivity index (χ1v) is 14.8. The van der Waals surface area contributed by atoms with Gasteiger partial charge >= 0.3 is 0 Å². The summed E-state index contributed by atoms with van der Waals surface area (Å²) in [4.78, 5) is 34.1. The van der Waals surface area contributed by atoms with Crippen molar-refractivity contribution in [2.75, 3.05) is 32.7 Å². The summed E-state index contributed by atoms with van der Waals surface area (Å²) in [6.07, 6.45) is 8.80. The number of amides is 2. The number of unbranched alkanes of at least 4 members (excludes halogenated alkanes) is 5. The highest BCUT2D eigenvalue weighted by molar-refractivity contribution is 7.10. The number of nitrogens with zero attached hydrogens (tertiary/aromatic N) is 3. The lowest BCUT2D eigenvalue weighted by Gasteiger charge is -2.42. The van der Waals surface area contributed by atoms with E-state index in [1.807, 2.05) is 21.1 Å². The van der Waals surface area contributed by atoms with Crippen LogP contribution in [0.15, 0.2) is 35.7 Å². The van der Waals surface area contributed by atoms with Gasteiger partial charge in [-0.25, -0.2) is 0 Å². The molecule has 2 atom stereocenters. The Balaban J connectivity index is 1.33. The molecule has 1 aromatic heterocycles. The summed E-state index contributed by atoms with van der Waals surface area (Å²) in [7, 11) is 0. The minimum absolute atomic E-state index is 0.0762. The van der Waals surface area contributed by atoms with Crippen LogP contribution < -0.4 is 0 Å². The van der Waals surface area contributed by atoms with Gasteiger partial charge in [-0.05, 0) is 54.8 Å². The maximum atomic E-state index is 13.5. The van der Waals surface area contributed by atoms with Crippen LogP contribution in [0.5, 0.6) is 0 Å². The zero-order valence-electron chi connectivity index (χ0n) is 22.4. The van der Waals surface area contributed by atoms with E-state index in [0.717, 1.165) is 25.8 Å². The number of hydrogen-bond acceptors (Lipinski definition) is 4. The average Bonchev–Trinajstić information content (AvgIpc) is 3.35. The normalized spacial score (nSPS) is 20.4. The largest absolute Gasteiger partial charge is 0.338 e. The summed E-state index contributed by atoms with van der Waals surface area (Å²) in [6.45, 7) is 9.72. The molecule has 0 saturated carbocycles. The van der Waals surface area contributed by atoms with E-state index in [4.69, 9.17) is 0 Å². The molecule has 1 aromatic carbocycles. The van der Waals surface area contributed by atoms with Crippen molar-refractivity contribution in [1.82, 2.24) is 14.7 Å². The predicted octanol–water partition coefficient (Wildman–Crippen LogP) is 5.81. The van der Waals surface area contributed by atoms with Crippen LogP contribution in [0.1, 0.15) is 86.4 Å². The van der Waals surface area contributed by atoms with Crippen molar-refractivity contribution in [3.63, 3.8) is 0 Å². The second-order valence-corrected chi connectivity index (χ2v) is 11.6. The Morgan fingerprint density at radius 1 is 0.944 bits per heavy atom. The third-order valence-electron chi connectivity index (χ3n) is 7.93. The first-order chi connectivity index (χ1) is 17.5. The molecular formula is C30H43N3O2S. The maximum Gasteiger partial charge on any atom is 0.236 e. The van der Waals surface area contributed by atoms with Gasteiger partial charge in [-0.1, -0.05) is 63.3 Å². The monoisotopic (exact) mass is 509 g/mol. The Bertz CT molecular complexity index is 1020. The molecule has 2 aromatic rings. The van der Waals surface area contributed by atoms with E-state index in [9.17, 15) is 9.59 Å². The molecule has 0 bridgehead atoms. The van der Waals surface area contributed by atoms with Crippen LogP contribution in [0.2, 0.25) is 0 Å². The van der Waals surface area contributed by atoms with Gasteiger partial charge in [0.25, 0.3) is 0 Å². The zero-order valence-corrected chi connectivity index (χ0v) is 23.2. The molecular weight excluding hydrogens is 466 g/mol. The minimum Gasteiger partial charge on any atom is -0.338 e. The molecule has 196 valence electrons. The van der Waals surface area contributed by atoms with Gasteiger partial charge in [0, 0.05) is 43.5 Å². The lowest BCUT2D eigenvalue weighted by atomic mass is 9.90. The number of fused-ring (bicyclic) bond motifs is 1. The molecule has 36 heavy (non-hydrogen) atoms. The van der Waals surface area contributed by atoms with E-state index in [1.165, 1.54) is 47.3 Å². The number of piperazine rings is 1. The van der Waals surface area contributed by atoms with E-state index in [0.29, 0.717) is 32.6 Å². The summed E-state index contributed by atoms with van der Waals surface area (Å²) in [6, 6.07) is 11.0. The van der Waals surface area contributed by atoms with Crippen LogP contribution in [0.25, 0.3) is 0 Å². The first kappa shape index (κ1) is 26.9. The molecule has 1 saturated heterocycles. The topological polar surface area (TPSA) is 43.9 Å². The number of carbonyl (C=O) groups is 2. The second-order valence-electron chi connectivity index (χ2n) is 10.6. The SMILES string of the molecule is CCCCCCCCC(=O)N1CCN(C(=O)CN2CCc3sccc3[C@@H]2c2ccccc2C)C[C@H]1C. The number of carbonyl (C=O) groups excluding carboxylic acids is 2. The van der Waals surface area contributed by atoms with Crippen LogP contribution in [0, 0.1) is 6.92 Å². The van der Waals surface area contributed by atoms with Gasteiger partial charge in [0.2, 0.25) is 11.8 Å². The Hall–Kier alpha value is -2.18. The summed E-state index contributed by atoms with van der Waals surface area (Å²) in [5.41, 5.74) is 3.92. The van der Waals surface area contributed by atoms with Crippen molar-refractivity contribution in [3.05, 3.63) is 57.3 Å². The Morgan fingerprint density at radius 2 is 1.72 bits per heavy atom. The molecule has 5 nitrogen and oxygen atoms in total. The fourth-order valence-electron chi connectivity index (χ4n) is 5.83. The summed E-state index contributed by atoms with van der Waals surface area (Å²) >= 11 is 1.83. The summed E-state index contributed by atoms with van der Waals surface area (Å²) in [5, 5.41) is 2.18. The quantitative estimate of drug-likeness (QED) is 0.380. The fraction of sp³-hybridized carbons (Fsp3) is 0.600. The molecule has 0 unspecified atom stereocenters. The second kappa shape index (κ2) is 12.9. The molecule has 2 aliphatic rings. The van der Waals surface area contributed by atoms with Crippen molar-refractivity contribution in [2.24, 2.45) is 0 Å². The van der Waals surface area contributed by atoms with Crippen LogP contribution in [-0.4, -0.2) is 65.3 Å². The predicted molar refractivity (Wildman–Crippen MR) is 148 cm³/mol. The van der Waals surface area contributed by atoms with Gasteiger partial charge in [-0.15, -0.1) is 11.3 Å². The Morgan fingerprint density at radius 3 is 2.50 bits per heavy atom. The van der Waals surface area contributed by atoms with Gasteiger partial charge < -0.3 is 9.80 Å². The molecule has 1 fully saturated rings. The third-order valence-corrected chi connectivity index (χ3v) is 8.93. The molecule has 0 N–H and O–H groups in total. The minimum atomic E-state index is 0.0762. The lowest BCUT2D eigenvalue weighted by molar-refractivity contribution is -0.143. The number of benzene rings is 1. The highest BCUT2D eigenvalue weighted by atomic mass is 32.1. The molecule has 2 amide bonds. The van der Waals surface area contributed by atoms with E-state index in [-0.39, 0.29) is 23.9 Å². The molecule has 0 radical (unpaired) electrons. The van der Waals surface area contributed by atoms with Gasteiger partial charge in [0.15, 0.2) is 0 Å². The number of hydrogen-bond donors (Lipinski definition) is 0. The van der Waals surface area contributed by atoms with Crippen molar-refractivity contribution < 1.29 is 9.59 Å². The number of rotatable bonds is 10. The van der Waals surface area contributed by atoms with Crippen molar-refractivity contribution in [1.29, 1.82) is 0 Å². The average molecular weight is 510 g/mol. The molecule has 4 rings (SSSR count). The molecule has 0 aliphatic carbocycles. The molecule has 2 aliphatic heterocycles. The van der Waals surface area contributed by atoms with Gasteiger partial charge in [-0.3, -0.25) is 14.5 Å². The van der Waals surface area contributed by atoms with E-state index in [1.54, 1.807) is 0 Å². The van der Waals surface area contributed by atoms with E-state index >= 15 is 0 Å². The van der Waals surface area contributed by atoms with Crippen LogP contribution >= 0.6 is 11.3 Å². The van der Waals surface area contributed by atoms with E-state index < -0.39 is 0 Å². The van der Waals surface area contributed by atoms with Gasteiger partial charge in [0.1, 0.15) is 0 Å². The first-order valence-electron chi connectivity index (χ1n) is 13.9. The molecule has 3 heterocycles. The van der Waals surface area contributed by atoms with Gasteiger partial charge in [-0.2, -0.15) is 0 Å². The number of thiophene rings is 1. The smallest absolute Gasteiger partial charge is 0.236 e. The Labute approximate surface area is 221 Å². The maximum absolute atomic E-state index is 13.5. The summed E-state index contributed by atoms with van der Waals surface area (Å²) in [5.74, 6) is 0.438. The van der Waals surface area contributed by atoms with Crippen molar-refractivity contribution >= 4 is 23.2 Å². The van der Waals surface area contributed by atoms with Crippen LogP contribution in [0.4, 0.5) is 0 Å². The highest BCUT2D eigenvalue weighted by Crippen LogP contribution is 2.38. The van der Waals surface area contributed by atoms with Gasteiger partial charge in [0.05, 0.1) is 12.6 Å². The standard InChI is InChI=1S/C30H43N3O2S/c1-4-5-6-7-8-9-14-28(34)33-19-18-31(21-24(33)3)29(35)22-32-17-15-27-26(16-20-36-27)30(32)25-13-11-10-12-23(25)2/h10-13,16,20,24,30H,4-9,14-15,17-19,21-22H2,1-3H3/t24-,30+/m1/s1. The van der Waals surface area contributed by atoms with Crippen molar-refractivity contribution in [2.45, 2.75) is 84.2 Å². The highest BCUT2D eigenvalue weighted by Gasteiger charge is 2.34. The third kappa shape index (κ3) is 6.38. The Kier molecular flexibility index (Phi) is 9.60. The fourth-order valence-corrected chi connectivity index (χ4v) is 6.73. The van der Waals surface area contributed by atoms with Crippen molar-refractivity contribution in [3.8, 4) is 0 Å². The van der Waals surface area contributed by atoms with Crippen LogP contribution in [-0.2, 0) is 16.0 Å². The molecule has 6 heteroatoms. The summed E-state index contributed by atoms with van der Waals surface area (Å²) < 4.78 is 0. The lowest BCUT2D eigenvalue weighted by Crippen LogP contribution is -2.57. The number of aryl methyl sites for hydroxylation is 1. The molecule has 0 spiro atoms. The van der Waals surface area contributed by atoms with E-state index in [2.05, 4.69) is 61.4 Å². The van der Waals surface area contributed by atoms with Crippen LogP contribution in [0.3, 0.4) is 0 Å².